The van der Waals surface area contributed by atoms with Crippen LogP contribution in [0, 0.1) is 0 Å². The Hall–Kier alpha value is -0.687. The monoisotopic (exact) mass is 479 g/mol. The molecule has 137 valence electrons. The van der Waals surface area contributed by atoms with E-state index in [1.165, 1.54) is 0 Å². The van der Waals surface area contributed by atoms with Crippen molar-refractivity contribution in [3.63, 3.8) is 0 Å². The first-order valence-corrected chi connectivity index (χ1v) is 7.20. The molecule has 23 heavy (non-hydrogen) atoms. The van der Waals surface area contributed by atoms with E-state index in [2.05, 4.69) is 24.0 Å². The third-order valence-electron chi connectivity index (χ3n) is 1.57. The van der Waals surface area contributed by atoms with Gasteiger partial charge in [0, 0.05) is 21.4 Å². The SMILES string of the molecule is CCn1cc[n+](C)c1.O=[S-](=O)C(F)(F)F.O=[S-](=O)C(F)(F)F.[Ru+3]. The number of hydrogen-bond acceptors (Lipinski definition) is 6. The van der Waals surface area contributed by atoms with Gasteiger partial charge in [0.1, 0.15) is 12.4 Å². The van der Waals surface area contributed by atoms with Crippen LogP contribution in [0.5, 0.6) is 0 Å². The Balaban J connectivity index is -0.000000257. The van der Waals surface area contributed by atoms with Crippen molar-refractivity contribution in [2.75, 3.05) is 0 Å². The molecule has 6 nitrogen and oxygen atoms in total. The van der Waals surface area contributed by atoms with Gasteiger partial charge in [0.15, 0.2) is 0 Å². The molecule has 0 unspecified atom stereocenters. The van der Waals surface area contributed by atoms with Crippen molar-refractivity contribution in [2.45, 2.75) is 24.5 Å². The smallest absolute Gasteiger partial charge is 0.416 e. The third-order valence-corrected chi connectivity index (χ3v) is 2.32. The molecule has 0 aromatic carbocycles. The van der Waals surface area contributed by atoms with Crippen LogP contribution in [0.4, 0.5) is 26.3 Å². The Morgan fingerprint density at radius 2 is 1.26 bits per heavy atom. The first-order chi connectivity index (χ1) is 9.71. The minimum absolute atomic E-state index is 0. The molecule has 0 spiro atoms. The molecule has 1 heterocycles. The van der Waals surface area contributed by atoms with Crippen LogP contribution in [0.25, 0.3) is 0 Å². The predicted octanol–water partition coefficient (Wildman–Crippen LogP) is 1.96. The van der Waals surface area contributed by atoms with Gasteiger partial charge in [0.25, 0.3) is 0 Å². The van der Waals surface area contributed by atoms with Gasteiger partial charge in [-0.2, -0.15) is 26.3 Å². The molecule has 0 amide bonds. The number of halogens is 6. The fourth-order valence-electron chi connectivity index (χ4n) is 0.689. The van der Waals surface area contributed by atoms with Gasteiger partial charge < -0.3 is 16.8 Å². The molecule has 0 aliphatic rings. The molecule has 0 aliphatic carbocycles. The van der Waals surface area contributed by atoms with Crippen LogP contribution in [0.1, 0.15) is 6.92 Å². The molecule has 1 radical (unpaired) electrons. The number of rotatable bonds is 1. The van der Waals surface area contributed by atoms with Gasteiger partial charge >= 0.3 is 30.5 Å². The number of imidazole rings is 1. The van der Waals surface area contributed by atoms with E-state index < -0.39 is 32.4 Å². The van der Waals surface area contributed by atoms with Crippen molar-refractivity contribution >= 4 is 21.4 Å². The molecule has 0 bridgehead atoms. The van der Waals surface area contributed by atoms with E-state index in [1.54, 1.807) is 0 Å². The van der Waals surface area contributed by atoms with E-state index in [0.717, 1.165) is 6.54 Å². The molecule has 0 aliphatic heterocycles. The van der Waals surface area contributed by atoms with Crippen molar-refractivity contribution < 1.29 is 67.2 Å². The van der Waals surface area contributed by atoms with E-state index in [0.29, 0.717) is 0 Å². The average Bonchev–Trinajstić information content (AvgIpc) is 2.74. The van der Waals surface area contributed by atoms with E-state index in [1.807, 2.05) is 17.8 Å². The van der Waals surface area contributed by atoms with Gasteiger partial charge in [-0.1, -0.05) is 0 Å². The summed E-state index contributed by atoms with van der Waals surface area (Å²) >= 11 is 0. The fraction of sp³-hybridized carbons (Fsp3) is 0.625. The molecule has 0 atom stereocenters. The molecule has 1 rings (SSSR count). The Kier molecular flexibility index (Phi) is 13.9. The number of hydrogen-bond donors (Lipinski definition) is 0. The molecular weight excluding hydrogens is 467 g/mol. The fourth-order valence-corrected chi connectivity index (χ4v) is 0.689. The molecule has 15 heteroatoms. The quantitative estimate of drug-likeness (QED) is 0.268. The second kappa shape index (κ2) is 11.8. The van der Waals surface area contributed by atoms with Crippen molar-refractivity contribution in [1.29, 1.82) is 0 Å². The largest absolute Gasteiger partial charge is 3.00 e. The minimum Gasteiger partial charge on any atom is -0.416 e. The third kappa shape index (κ3) is 16.0. The molecule has 0 saturated heterocycles. The second-order valence-corrected chi connectivity index (χ2v) is 5.14. The Labute approximate surface area is 143 Å². The Morgan fingerprint density at radius 1 is 0.957 bits per heavy atom. The van der Waals surface area contributed by atoms with Crippen LogP contribution in [0.15, 0.2) is 18.7 Å². The summed E-state index contributed by atoms with van der Waals surface area (Å²) in [6.07, 6.45) is 6.14. The van der Waals surface area contributed by atoms with Gasteiger partial charge in [-0.05, 0) is 6.92 Å². The normalized spacial score (nSPS) is 11.0. The van der Waals surface area contributed by atoms with Gasteiger partial charge in [0.05, 0.1) is 13.6 Å². The zero-order valence-electron chi connectivity index (χ0n) is 11.4. The summed E-state index contributed by atoms with van der Waals surface area (Å²) < 4.78 is 103. The summed E-state index contributed by atoms with van der Waals surface area (Å²) in [7, 11) is -5.85. The summed E-state index contributed by atoms with van der Waals surface area (Å²) in [6.45, 7) is 3.18. The minimum atomic E-state index is -5.08. The average molecular weight is 478 g/mol. The summed E-state index contributed by atoms with van der Waals surface area (Å²) in [5, 5.41) is 0. The summed E-state index contributed by atoms with van der Waals surface area (Å²) in [5.74, 6) is 0. The molecule has 0 saturated carbocycles. The molecule has 1 aromatic heterocycles. The standard InChI is InChI=1S/C6H11N2.2CF3O2S.Ru/c1-3-8-5-4-7(2)6-8;2*2-1(3,4)7(5)6;/h4-6H,3H2,1-2H3;;;/q+1;2*-1;+3. The Bertz CT molecular complexity index is 546. The zero-order valence-corrected chi connectivity index (χ0v) is 14.8. The summed E-state index contributed by atoms with van der Waals surface area (Å²) in [5.41, 5.74) is -10.2. The van der Waals surface area contributed by atoms with Crippen LogP contribution in [-0.2, 0) is 71.3 Å². The maximum Gasteiger partial charge on any atom is 3.00 e. The number of aryl methyl sites for hydroxylation is 2. The second-order valence-electron chi connectivity index (χ2n) is 3.27. The summed E-state index contributed by atoms with van der Waals surface area (Å²) in [6, 6.07) is 0. The van der Waals surface area contributed by atoms with Crippen molar-refractivity contribution in [3.8, 4) is 0 Å². The van der Waals surface area contributed by atoms with Crippen molar-refractivity contribution in [2.24, 2.45) is 7.05 Å². The van der Waals surface area contributed by atoms with E-state index in [-0.39, 0.29) is 19.5 Å². The van der Waals surface area contributed by atoms with E-state index >= 15 is 0 Å². The van der Waals surface area contributed by atoms with Gasteiger partial charge in [-0.25, -0.2) is 9.13 Å². The first kappa shape index (κ1) is 27.2. The maximum atomic E-state index is 10.6. The topological polar surface area (TPSA) is 77.1 Å². The van der Waals surface area contributed by atoms with Crippen molar-refractivity contribution in [3.05, 3.63) is 18.7 Å². The zero-order chi connectivity index (χ0) is 18.1. The first-order valence-electron chi connectivity index (χ1n) is 5.05. The van der Waals surface area contributed by atoms with Gasteiger partial charge in [-0.3, -0.25) is 0 Å². The van der Waals surface area contributed by atoms with Gasteiger partial charge in [-0.15, -0.1) is 0 Å². The number of nitrogens with zero attached hydrogens (tertiary/aromatic N) is 2. The molecule has 0 fully saturated rings. The summed E-state index contributed by atoms with van der Waals surface area (Å²) in [4.78, 5) is 0. The Morgan fingerprint density at radius 3 is 1.35 bits per heavy atom. The number of alkyl halides is 6. The van der Waals surface area contributed by atoms with Crippen LogP contribution in [0.2, 0.25) is 0 Å². The van der Waals surface area contributed by atoms with Crippen molar-refractivity contribution in [1.82, 2.24) is 4.57 Å². The van der Waals surface area contributed by atoms with Gasteiger partial charge in [0.2, 0.25) is 6.33 Å². The maximum absolute atomic E-state index is 10.6. The van der Waals surface area contributed by atoms with E-state index in [9.17, 15) is 26.3 Å². The molecule has 0 N–H and O–H groups in total. The van der Waals surface area contributed by atoms with Crippen LogP contribution >= 0.6 is 0 Å². The van der Waals surface area contributed by atoms with E-state index in [4.69, 9.17) is 16.8 Å². The van der Waals surface area contributed by atoms with Crippen LogP contribution < -0.4 is 4.57 Å². The van der Waals surface area contributed by atoms with Crippen LogP contribution in [0.3, 0.4) is 0 Å². The molecular formula is C8H11F6N2O4RuS2+2. The predicted molar refractivity (Wildman–Crippen MR) is 60.9 cm³/mol. The van der Waals surface area contributed by atoms with Crippen LogP contribution in [-0.4, -0.2) is 15.6 Å². The number of aromatic nitrogens is 2. The molecule has 1 aromatic rings.